The lowest BCUT2D eigenvalue weighted by molar-refractivity contribution is 0.0597. The zero-order valence-corrected chi connectivity index (χ0v) is 22.0. The van der Waals surface area contributed by atoms with Gasteiger partial charge in [-0.1, -0.05) is 78.9 Å². The van der Waals surface area contributed by atoms with Crippen LogP contribution in [0.3, 0.4) is 0 Å². The first kappa shape index (κ1) is 25.6. The highest BCUT2D eigenvalue weighted by atomic mass is 16.5. The van der Waals surface area contributed by atoms with Gasteiger partial charge in [-0.05, 0) is 47.9 Å². The Labute approximate surface area is 225 Å². The number of rotatable bonds is 8. The van der Waals surface area contributed by atoms with Gasteiger partial charge in [0, 0.05) is 37.3 Å². The van der Waals surface area contributed by atoms with Gasteiger partial charge < -0.3 is 14.4 Å². The van der Waals surface area contributed by atoms with Gasteiger partial charge in [-0.2, -0.15) is 0 Å². The molecule has 1 aliphatic heterocycles. The summed E-state index contributed by atoms with van der Waals surface area (Å²) in [4.78, 5) is 18.0. The minimum atomic E-state index is 0.0421. The Morgan fingerprint density at radius 2 is 1.37 bits per heavy atom. The number of aryl methyl sites for hydroxylation is 1. The van der Waals surface area contributed by atoms with E-state index < -0.39 is 0 Å². The third-order valence-corrected chi connectivity index (χ3v) is 7.20. The molecule has 1 heterocycles. The van der Waals surface area contributed by atoms with Gasteiger partial charge >= 0.3 is 0 Å². The number of hydrogen-bond acceptors (Lipinski definition) is 4. The maximum Gasteiger partial charge on any atom is 0.253 e. The van der Waals surface area contributed by atoms with Crippen molar-refractivity contribution in [2.45, 2.75) is 19.6 Å². The molecule has 4 aromatic rings. The summed E-state index contributed by atoms with van der Waals surface area (Å²) < 4.78 is 11.6. The number of carbonyl (C=O) groups is 1. The molecule has 0 unspecified atom stereocenters. The molecule has 0 atom stereocenters. The smallest absolute Gasteiger partial charge is 0.253 e. The van der Waals surface area contributed by atoms with Crippen LogP contribution in [0.15, 0.2) is 103 Å². The molecule has 1 saturated heterocycles. The molecule has 0 aromatic heterocycles. The van der Waals surface area contributed by atoms with Crippen LogP contribution in [0, 0.1) is 6.92 Å². The molecule has 0 bridgehead atoms. The predicted molar refractivity (Wildman–Crippen MR) is 151 cm³/mol. The van der Waals surface area contributed by atoms with Crippen molar-refractivity contribution in [1.29, 1.82) is 0 Å². The Morgan fingerprint density at radius 3 is 1.97 bits per heavy atom. The lowest BCUT2D eigenvalue weighted by Gasteiger charge is -2.40. The Bertz CT molecular complexity index is 1310. The summed E-state index contributed by atoms with van der Waals surface area (Å²) in [5.41, 5.74) is 5.12. The van der Waals surface area contributed by atoms with Gasteiger partial charge in [0.05, 0.1) is 13.2 Å². The molecule has 5 heteroatoms. The van der Waals surface area contributed by atoms with Crippen molar-refractivity contribution in [1.82, 2.24) is 9.80 Å². The van der Waals surface area contributed by atoms with Crippen molar-refractivity contribution < 1.29 is 14.3 Å². The third kappa shape index (κ3) is 5.74. The second kappa shape index (κ2) is 12.0. The molecule has 194 valence electrons. The largest absolute Gasteiger partial charge is 0.496 e. The van der Waals surface area contributed by atoms with Crippen LogP contribution in [0.25, 0.3) is 0 Å². The second-order valence-corrected chi connectivity index (χ2v) is 9.63. The van der Waals surface area contributed by atoms with Gasteiger partial charge in [-0.25, -0.2) is 0 Å². The first-order chi connectivity index (χ1) is 18.6. The predicted octanol–water partition coefficient (Wildman–Crippen LogP) is 6.13. The summed E-state index contributed by atoms with van der Waals surface area (Å²) in [6.45, 7) is 5.32. The van der Waals surface area contributed by atoms with E-state index >= 15 is 0 Å². The molecular weight excluding hydrogens is 472 g/mol. The minimum absolute atomic E-state index is 0.0421. The number of ether oxygens (including phenoxy) is 2. The average Bonchev–Trinajstić information content (AvgIpc) is 2.98. The zero-order valence-electron chi connectivity index (χ0n) is 22.0. The van der Waals surface area contributed by atoms with Crippen LogP contribution in [0.2, 0.25) is 0 Å². The molecule has 1 amide bonds. The first-order valence-electron chi connectivity index (χ1n) is 13.1. The van der Waals surface area contributed by atoms with Crippen LogP contribution >= 0.6 is 0 Å². The minimum Gasteiger partial charge on any atom is -0.496 e. The van der Waals surface area contributed by atoms with Gasteiger partial charge in [0.1, 0.15) is 18.1 Å². The molecular formula is C33H34N2O3. The van der Waals surface area contributed by atoms with E-state index in [0.29, 0.717) is 31.0 Å². The Balaban J connectivity index is 1.29. The highest BCUT2D eigenvalue weighted by Gasteiger charge is 2.28. The van der Waals surface area contributed by atoms with Crippen molar-refractivity contribution in [3.63, 3.8) is 0 Å². The van der Waals surface area contributed by atoms with E-state index in [1.165, 1.54) is 11.1 Å². The number of amides is 1. The highest BCUT2D eigenvalue weighted by molar-refractivity contribution is 5.94. The molecule has 4 aromatic carbocycles. The fraction of sp³-hybridized carbons (Fsp3) is 0.242. The fourth-order valence-corrected chi connectivity index (χ4v) is 5.15. The van der Waals surface area contributed by atoms with Crippen LogP contribution in [0.5, 0.6) is 11.5 Å². The zero-order chi connectivity index (χ0) is 26.3. The van der Waals surface area contributed by atoms with E-state index in [2.05, 4.69) is 65.6 Å². The normalized spacial score (nSPS) is 13.9. The number of hydrogen-bond donors (Lipinski definition) is 0. The molecule has 0 aliphatic carbocycles. The maximum atomic E-state index is 13.5. The molecule has 0 radical (unpaired) electrons. The van der Waals surface area contributed by atoms with Crippen molar-refractivity contribution in [3.05, 3.63) is 131 Å². The quantitative estimate of drug-likeness (QED) is 0.288. The van der Waals surface area contributed by atoms with E-state index in [1.807, 2.05) is 54.3 Å². The van der Waals surface area contributed by atoms with Gasteiger partial charge in [0.2, 0.25) is 0 Å². The van der Waals surface area contributed by atoms with Gasteiger partial charge in [0.15, 0.2) is 0 Å². The summed E-state index contributed by atoms with van der Waals surface area (Å²) >= 11 is 0. The Morgan fingerprint density at radius 1 is 0.763 bits per heavy atom. The molecule has 5 nitrogen and oxygen atoms in total. The van der Waals surface area contributed by atoms with Gasteiger partial charge in [0.25, 0.3) is 5.91 Å². The van der Waals surface area contributed by atoms with Crippen LogP contribution in [0.1, 0.15) is 38.7 Å². The monoisotopic (exact) mass is 506 g/mol. The van der Waals surface area contributed by atoms with E-state index in [1.54, 1.807) is 7.11 Å². The number of nitrogens with zero attached hydrogens (tertiary/aromatic N) is 2. The van der Waals surface area contributed by atoms with E-state index in [0.717, 1.165) is 30.0 Å². The number of methoxy groups -OCH3 is 1. The average molecular weight is 507 g/mol. The summed E-state index contributed by atoms with van der Waals surface area (Å²) in [6.07, 6.45) is 0. The van der Waals surface area contributed by atoms with E-state index in [4.69, 9.17) is 9.47 Å². The highest BCUT2D eigenvalue weighted by Crippen LogP contribution is 2.30. The lowest BCUT2D eigenvalue weighted by atomic mass is 9.96. The standard InChI is InChI=1S/C33H34N2O3/c1-25-11-9-10-16-30(25)38-24-29-23-28(17-18-31(29)37-2)33(36)35-21-19-34(20-22-35)32(26-12-5-3-6-13-26)27-14-7-4-8-15-27/h3-18,23,32H,19-22,24H2,1-2H3. The topological polar surface area (TPSA) is 42.0 Å². The molecule has 1 fully saturated rings. The van der Waals surface area contributed by atoms with Crippen molar-refractivity contribution in [2.75, 3.05) is 33.3 Å². The van der Waals surface area contributed by atoms with E-state index in [-0.39, 0.29) is 11.9 Å². The van der Waals surface area contributed by atoms with Crippen molar-refractivity contribution >= 4 is 5.91 Å². The molecule has 0 N–H and O–H groups in total. The molecule has 0 saturated carbocycles. The Kier molecular flexibility index (Phi) is 8.05. The van der Waals surface area contributed by atoms with Crippen LogP contribution in [0.4, 0.5) is 0 Å². The maximum absolute atomic E-state index is 13.5. The van der Waals surface area contributed by atoms with Crippen molar-refractivity contribution in [2.24, 2.45) is 0 Å². The summed E-state index contributed by atoms with van der Waals surface area (Å²) in [6, 6.07) is 34.9. The van der Waals surface area contributed by atoms with Crippen molar-refractivity contribution in [3.8, 4) is 11.5 Å². The molecule has 5 rings (SSSR count). The second-order valence-electron chi connectivity index (χ2n) is 9.63. The summed E-state index contributed by atoms with van der Waals surface area (Å²) in [5, 5.41) is 0. The third-order valence-electron chi connectivity index (χ3n) is 7.20. The number of carbonyl (C=O) groups excluding carboxylic acids is 1. The molecule has 38 heavy (non-hydrogen) atoms. The van der Waals surface area contributed by atoms with Crippen LogP contribution in [-0.4, -0.2) is 49.0 Å². The van der Waals surface area contributed by atoms with Gasteiger partial charge in [-0.3, -0.25) is 9.69 Å². The summed E-state index contributed by atoms with van der Waals surface area (Å²) in [7, 11) is 1.64. The fourth-order valence-electron chi connectivity index (χ4n) is 5.15. The van der Waals surface area contributed by atoms with Gasteiger partial charge in [-0.15, -0.1) is 0 Å². The lowest BCUT2D eigenvalue weighted by Crippen LogP contribution is -2.49. The van der Waals surface area contributed by atoms with Crippen LogP contribution in [-0.2, 0) is 6.61 Å². The Hall–Kier alpha value is -4.09. The molecule has 1 aliphatic rings. The SMILES string of the molecule is COc1ccc(C(=O)N2CCN(C(c3ccccc3)c3ccccc3)CC2)cc1COc1ccccc1C. The number of piperazine rings is 1. The van der Waals surface area contributed by atoms with Crippen LogP contribution < -0.4 is 9.47 Å². The molecule has 0 spiro atoms. The van der Waals surface area contributed by atoms with E-state index in [9.17, 15) is 4.79 Å². The summed E-state index contributed by atoms with van der Waals surface area (Å²) in [5.74, 6) is 1.59. The number of benzene rings is 4. The number of para-hydroxylation sites is 1. The first-order valence-corrected chi connectivity index (χ1v) is 13.1.